The van der Waals surface area contributed by atoms with Crippen LogP contribution in [0.4, 0.5) is 0 Å². The molecule has 6 heteroatoms. The Hall–Kier alpha value is -1.85. The van der Waals surface area contributed by atoms with Crippen molar-refractivity contribution in [3.05, 3.63) is 18.0 Å². The van der Waals surface area contributed by atoms with E-state index in [9.17, 15) is 9.59 Å². The Morgan fingerprint density at radius 3 is 2.67 bits per heavy atom. The second-order valence-corrected chi connectivity index (χ2v) is 5.08. The van der Waals surface area contributed by atoms with Crippen LogP contribution in [-0.4, -0.2) is 33.7 Å². The number of nitrogens with zero attached hydrogens (tertiary/aromatic N) is 1. The Labute approximate surface area is 106 Å². The summed E-state index contributed by atoms with van der Waals surface area (Å²) in [5.74, 6) is -0.696. The number of nitrogens with one attached hydrogen (secondary N) is 2. The van der Waals surface area contributed by atoms with E-state index in [1.54, 1.807) is 40.0 Å². The number of carbonyl (C=O) groups excluding carboxylic acids is 2. The minimum absolute atomic E-state index is 0.160. The summed E-state index contributed by atoms with van der Waals surface area (Å²) in [5.41, 5.74) is 0.142. The normalized spacial score (nSPS) is 12.9. The van der Waals surface area contributed by atoms with Gasteiger partial charge in [0.25, 0.3) is 0 Å². The molecule has 6 nitrogen and oxygen atoms in total. The lowest BCUT2D eigenvalue weighted by molar-refractivity contribution is -0.158. The molecule has 1 amide bonds. The van der Waals surface area contributed by atoms with Gasteiger partial charge in [0, 0.05) is 11.9 Å². The molecule has 1 aromatic rings. The predicted molar refractivity (Wildman–Crippen MR) is 65.7 cm³/mol. The quantitative estimate of drug-likeness (QED) is 0.777. The first-order valence-electron chi connectivity index (χ1n) is 5.78. The summed E-state index contributed by atoms with van der Waals surface area (Å²) < 4.78 is 5.16. The number of rotatable bonds is 4. The zero-order valence-corrected chi connectivity index (χ0v) is 11.1. The third kappa shape index (κ3) is 4.99. The minimum atomic E-state index is -0.667. The molecule has 1 rings (SSSR count). The summed E-state index contributed by atoms with van der Waals surface area (Å²) in [7, 11) is 0. The molecule has 100 valence electrons. The molecular weight excluding hydrogens is 234 g/mol. The van der Waals surface area contributed by atoms with Gasteiger partial charge in [0.15, 0.2) is 0 Å². The maximum Gasteiger partial charge on any atom is 0.328 e. The number of aromatic nitrogens is 2. The lowest BCUT2D eigenvalue weighted by Crippen LogP contribution is -2.42. The van der Waals surface area contributed by atoms with E-state index in [2.05, 4.69) is 15.5 Å². The van der Waals surface area contributed by atoms with E-state index in [1.165, 1.54) is 0 Å². The van der Waals surface area contributed by atoms with Crippen molar-refractivity contribution < 1.29 is 14.3 Å². The van der Waals surface area contributed by atoms with Gasteiger partial charge in [0.05, 0.1) is 6.42 Å². The van der Waals surface area contributed by atoms with Gasteiger partial charge in [-0.2, -0.15) is 5.10 Å². The molecule has 2 N–H and O–H groups in total. The zero-order valence-electron chi connectivity index (χ0n) is 11.1. The number of aromatic amines is 1. The molecule has 0 saturated heterocycles. The molecule has 0 aliphatic carbocycles. The second kappa shape index (κ2) is 5.66. The Morgan fingerprint density at radius 1 is 1.50 bits per heavy atom. The molecule has 0 spiro atoms. The molecular formula is C12H19N3O3. The molecule has 0 aliphatic rings. The highest BCUT2D eigenvalue weighted by atomic mass is 16.6. The van der Waals surface area contributed by atoms with Gasteiger partial charge in [-0.1, -0.05) is 0 Å². The number of amides is 1. The molecule has 0 unspecified atom stereocenters. The number of H-pyrrole nitrogens is 1. The van der Waals surface area contributed by atoms with Crippen molar-refractivity contribution in [1.82, 2.24) is 15.5 Å². The van der Waals surface area contributed by atoms with Gasteiger partial charge in [0.1, 0.15) is 11.6 Å². The van der Waals surface area contributed by atoms with E-state index in [4.69, 9.17) is 4.74 Å². The molecule has 18 heavy (non-hydrogen) atoms. The number of hydrogen-bond donors (Lipinski definition) is 2. The van der Waals surface area contributed by atoms with Crippen molar-refractivity contribution in [2.75, 3.05) is 0 Å². The van der Waals surface area contributed by atoms with E-state index < -0.39 is 17.6 Å². The van der Waals surface area contributed by atoms with Gasteiger partial charge in [-0.3, -0.25) is 9.89 Å². The van der Waals surface area contributed by atoms with Crippen LogP contribution in [0, 0.1) is 0 Å². The van der Waals surface area contributed by atoms with Crippen LogP contribution in [-0.2, 0) is 20.7 Å². The number of ether oxygens (including phenoxy) is 1. The highest BCUT2D eigenvalue weighted by Crippen LogP contribution is 2.08. The molecule has 0 bridgehead atoms. The number of carbonyl (C=O) groups is 2. The first kappa shape index (κ1) is 14.2. The Bertz CT molecular complexity index is 407. The summed E-state index contributed by atoms with van der Waals surface area (Å²) in [6.45, 7) is 6.94. The van der Waals surface area contributed by atoms with Gasteiger partial charge < -0.3 is 10.1 Å². The van der Waals surface area contributed by atoms with Gasteiger partial charge in [-0.05, 0) is 33.8 Å². The largest absolute Gasteiger partial charge is 0.458 e. The molecule has 0 radical (unpaired) electrons. The lowest BCUT2D eigenvalue weighted by atomic mass is 10.2. The third-order valence-corrected chi connectivity index (χ3v) is 2.05. The lowest BCUT2D eigenvalue weighted by Gasteiger charge is -2.22. The van der Waals surface area contributed by atoms with Crippen molar-refractivity contribution >= 4 is 11.9 Å². The maximum atomic E-state index is 11.6. The van der Waals surface area contributed by atoms with Crippen LogP contribution in [0.1, 0.15) is 33.4 Å². The summed E-state index contributed by atoms with van der Waals surface area (Å²) >= 11 is 0. The van der Waals surface area contributed by atoms with Crippen LogP contribution < -0.4 is 5.32 Å². The average Bonchev–Trinajstić information content (AvgIpc) is 2.67. The highest BCUT2D eigenvalue weighted by Gasteiger charge is 2.22. The summed E-state index contributed by atoms with van der Waals surface area (Å²) in [5, 5.41) is 9.00. The molecule has 1 aromatic heterocycles. The van der Waals surface area contributed by atoms with Gasteiger partial charge in [0.2, 0.25) is 5.91 Å². The monoisotopic (exact) mass is 253 g/mol. The van der Waals surface area contributed by atoms with Gasteiger partial charge in [-0.25, -0.2) is 4.79 Å². The SMILES string of the molecule is C[C@@H](NC(=O)Cc1ccn[nH]1)C(=O)OC(C)(C)C. The second-order valence-electron chi connectivity index (χ2n) is 5.08. The first-order valence-corrected chi connectivity index (χ1v) is 5.78. The van der Waals surface area contributed by atoms with E-state index >= 15 is 0 Å². The standard InChI is InChI=1S/C12H19N3O3/c1-8(11(17)18-12(2,3)4)14-10(16)7-9-5-6-13-15-9/h5-6,8H,7H2,1-4H3,(H,13,15)(H,14,16)/t8-/m1/s1. The smallest absolute Gasteiger partial charge is 0.328 e. The fraction of sp³-hybridized carbons (Fsp3) is 0.583. The fourth-order valence-electron chi connectivity index (χ4n) is 1.30. The van der Waals surface area contributed by atoms with Crippen molar-refractivity contribution in [3.8, 4) is 0 Å². The van der Waals surface area contributed by atoms with E-state index in [0.717, 1.165) is 0 Å². The van der Waals surface area contributed by atoms with Gasteiger partial charge >= 0.3 is 5.97 Å². The van der Waals surface area contributed by atoms with E-state index in [1.807, 2.05) is 0 Å². The van der Waals surface area contributed by atoms with Crippen LogP contribution >= 0.6 is 0 Å². The maximum absolute atomic E-state index is 11.6. The van der Waals surface area contributed by atoms with Crippen molar-refractivity contribution in [3.63, 3.8) is 0 Å². The fourth-order valence-corrected chi connectivity index (χ4v) is 1.30. The summed E-state index contributed by atoms with van der Waals surface area (Å²) in [4.78, 5) is 23.3. The molecule has 1 heterocycles. The number of hydrogen-bond acceptors (Lipinski definition) is 4. The van der Waals surface area contributed by atoms with Crippen LogP contribution in [0.5, 0.6) is 0 Å². The van der Waals surface area contributed by atoms with Crippen molar-refractivity contribution in [1.29, 1.82) is 0 Å². The predicted octanol–water partition coefficient (Wildman–Crippen LogP) is 0.799. The topological polar surface area (TPSA) is 84.1 Å². The van der Waals surface area contributed by atoms with E-state index in [-0.39, 0.29) is 12.3 Å². The third-order valence-electron chi connectivity index (χ3n) is 2.05. The van der Waals surface area contributed by atoms with Crippen molar-refractivity contribution in [2.45, 2.75) is 45.8 Å². The van der Waals surface area contributed by atoms with Crippen LogP contribution in [0.2, 0.25) is 0 Å². The van der Waals surface area contributed by atoms with Crippen LogP contribution in [0.25, 0.3) is 0 Å². The highest BCUT2D eigenvalue weighted by molar-refractivity contribution is 5.85. The molecule has 0 aliphatic heterocycles. The van der Waals surface area contributed by atoms with Crippen LogP contribution in [0.15, 0.2) is 12.3 Å². The molecule has 0 saturated carbocycles. The summed E-state index contributed by atoms with van der Waals surface area (Å²) in [6, 6.07) is 1.04. The van der Waals surface area contributed by atoms with Gasteiger partial charge in [-0.15, -0.1) is 0 Å². The Balaban J connectivity index is 2.42. The summed E-state index contributed by atoms with van der Waals surface area (Å²) in [6.07, 6.45) is 1.73. The molecule has 0 aromatic carbocycles. The first-order chi connectivity index (χ1) is 8.28. The minimum Gasteiger partial charge on any atom is -0.458 e. The number of esters is 1. The van der Waals surface area contributed by atoms with E-state index in [0.29, 0.717) is 5.69 Å². The molecule has 0 fully saturated rings. The molecule has 1 atom stereocenters. The average molecular weight is 253 g/mol. The Morgan fingerprint density at radius 2 is 2.17 bits per heavy atom. The van der Waals surface area contributed by atoms with Crippen LogP contribution in [0.3, 0.4) is 0 Å². The van der Waals surface area contributed by atoms with Crippen molar-refractivity contribution in [2.24, 2.45) is 0 Å². The Kier molecular flexibility index (Phi) is 4.47. The zero-order chi connectivity index (χ0) is 13.8.